The molecule has 1 rings (SSSR count). The molecule has 13 heavy (non-hydrogen) atoms. The summed E-state index contributed by atoms with van der Waals surface area (Å²) in [5, 5.41) is 0. The summed E-state index contributed by atoms with van der Waals surface area (Å²) in [4.78, 5) is 0.451. The van der Waals surface area contributed by atoms with E-state index < -0.39 is 9.84 Å². The molecule has 72 valence electrons. The summed E-state index contributed by atoms with van der Waals surface area (Å²) in [5.74, 6) is 0. The predicted molar refractivity (Wildman–Crippen MR) is 62.0 cm³/mol. The number of sulfone groups is 1. The van der Waals surface area contributed by atoms with Crippen LogP contribution >= 0.6 is 22.6 Å². The molecule has 0 atom stereocenters. The van der Waals surface area contributed by atoms with Crippen LogP contribution in [0.15, 0.2) is 23.1 Å². The number of hydrogen-bond acceptors (Lipinski definition) is 2. The fourth-order valence-electron chi connectivity index (χ4n) is 1.21. The van der Waals surface area contributed by atoms with Crippen LogP contribution in [0.4, 0.5) is 0 Å². The fourth-order valence-corrected chi connectivity index (χ4v) is 3.16. The third kappa shape index (κ3) is 2.43. The van der Waals surface area contributed by atoms with E-state index in [9.17, 15) is 8.42 Å². The zero-order valence-corrected chi connectivity index (χ0v) is 10.5. The Hall–Kier alpha value is -0.100. The molecule has 0 unspecified atom stereocenters. The van der Waals surface area contributed by atoms with Gasteiger partial charge in [0.15, 0.2) is 9.84 Å². The number of hydrogen-bond donors (Lipinski definition) is 0. The Labute approximate surface area is 92.4 Å². The second-order valence-corrected chi connectivity index (χ2v) is 6.75. The summed E-state index contributed by atoms with van der Waals surface area (Å²) in [7, 11) is -3.06. The minimum absolute atomic E-state index is 0.134. The zero-order valence-electron chi connectivity index (χ0n) is 7.54. The van der Waals surface area contributed by atoms with Gasteiger partial charge in [0, 0.05) is 0 Å². The lowest BCUT2D eigenvalue weighted by molar-refractivity contribution is 0.601. The molecule has 0 saturated heterocycles. The molecule has 0 aromatic heterocycles. The number of benzene rings is 1. The number of alkyl halides is 1. The smallest absolute Gasteiger partial charge is 0.187 e. The van der Waals surface area contributed by atoms with Crippen molar-refractivity contribution in [3.8, 4) is 0 Å². The first kappa shape index (κ1) is 11.0. The van der Waals surface area contributed by atoms with Gasteiger partial charge in [-0.1, -0.05) is 40.3 Å². The van der Waals surface area contributed by atoms with E-state index in [0.29, 0.717) is 4.90 Å². The van der Waals surface area contributed by atoms with Gasteiger partial charge in [-0.3, -0.25) is 0 Å². The molecule has 1 aromatic rings. The molecule has 0 aliphatic heterocycles. The lowest BCUT2D eigenvalue weighted by Gasteiger charge is -2.05. The topological polar surface area (TPSA) is 34.1 Å². The van der Waals surface area contributed by atoms with Crippen LogP contribution in [0, 0.1) is 13.8 Å². The molecule has 0 spiro atoms. The molecule has 0 radical (unpaired) electrons. The van der Waals surface area contributed by atoms with Crippen LogP contribution in [-0.2, 0) is 9.84 Å². The Balaban J connectivity index is 3.33. The molecular weight excluding hydrogens is 299 g/mol. The third-order valence-electron chi connectivity index (χ3n) is 1.81. The van der Waals surface area contributed by atoms with Crippen molar-refractivity contribution in [3.05, 3.63) is 29.3 Å². The highest BCUT2D eigenvalue weighted by molar-refractivity contribution is 14.1. The molecule has 0 bridgehead atoms. The van der Waals surface area contributed by atoms with Crippen molar-refractivity contribution < 1.29 is 8.42 Å². The first-order chi connectivity index (χ1) is 5.97. The Kier molecular flexibility index (Phi) is 3.34. The molecule has 1 aromatic carbocycles. The summed E-state index contributed by atoms with van der Waals surface area (Å²) < 4.78 is 23.2. The van der Waals surface area contributed by atoms with Crippen LogP contribution in [0.25, 0.3) is 0 Å². The summed E-state index contributed by atoms with van der Waals surface area (Å²) in [6, 6.07) is 5.39. The average Bonchev–Trinajstić information content (AvgIpc) is 2.03. The molecular formula is C9H11IO2S. The van der Waals surface area contributed by atoms with Crippen LogP contribution in [0.2, 0.25) is 0 Å². The Morgan fingerprint density at radius 3 is 2.38 bits per heavy atom. The second kappa shape index (κ2) is 3.96. The SMILES string of the molecule is Cc1ccc(S(=O)(=O)CI)c(C)c1. The molecule has 0 saturated carbocycles. The molecule has 0 aliphatic carbocycles. The van der Waals surface area contributed by atoms with E-state index in [0.717, 1.165) is 11.1 Å². The summed E-state index contributed by atoms with van der Waals surface area (Å²) >= 11 is 1.87. The molecule has 2 nitrogen and oxygen atoms in total. The minimum Gasteiger partial charge on any atom is -0.223 e. The van der Waals surface area contributed by atoms with E-state index in [2.05, 4.69) is 0 Å². The second-order valence-electron chi connectivity index (χ2n) is 2.99. The zero-order chi connectivity index (χ0) is 10.1. The third-order valence-corrected chi connectivity index (χ3v) is 5.68. The first-order valence-corrected chi connectivity index (χ1v) is 7.01. The summed E-state index contributed by atoms with van der Waals surface area (Å²) in [6.07, 6.45) is 0. The maximum Gasteiger partial charge on any atom is 0.187 e. The largest absolute Gasteiger partial charge is 0.223 e. The van der Waals surface area contributed by atoms with Crippen LogP contribution < -0.4 is 0 Å². The van der Waals surface area contributed by atoms with Crippen molar-refractivity contribution in [2.24, 2.45) is 0 Å². The van der Waals surface area contributed by atoms with Gasteiger partial charge in [-0.25, -0.2) is 8.42 Å². The normalized spacial score (nSPS) is 11.6. The Morgan fingerprint density at radius 1 is 1.31 bits per heavy atom. The lowest BCUT2D eigenvalue weighted by atomic mass is 10.2. The molecule has 0 amide bonds. The van der Waals surface area contributed by atoms with Gasteiger partial charge < -0.3 is 0 Å². The van der Waals surface area contributed by atoms with Gasteiger partial charge in [-0.15, -0.1) is 0 Å². The number of aryl methyl sites for hydroxylation is 2. The van der Waals surface area contributed by atoms with E-state index >= 15 is 0 Å². The highest BCUT2D eigenvalue weighted by atomic mass is 127. The van der Waals surface area contributed by atoms with Gasteiger partial charge in [0.2, 0.25) is 0 Å². The van der Waals surface area contributed by atoms with Gasteiger partial charge in [-0.2, -0.15) is 0 Å². The highest BCUT2D eigenvalue weighted by Gasteiger charge is 2.14. The number of rotatable bonds is 2. The van der Waals surface area contributed by atoms with Crippen LogP contribution in [0.1, 0.15) is 11.1 Å². The monoisotopic (exact) mass is 310 g/mol. The van der Waals surface area contributed by atoms with Crippen molar-refractivity contribution in [1.29, 1.82) is 0 Å². The summed E-state index contributed by atoms with van der Waals surface area (Å²) in [6.45, 7) is 3.78. The Bertz CT molecular complexity index is 410. The van der Waals surface area contributed by atoms with Crippen molar-refractivity contribution in [2.45, 2.75) is 18.7 Å². The first-order valence-electron chi connectivity index (χ1n) is 3.83. The van der Waals surface area contributed by atoms with Gasteiger partial charge in [0.1, 0.15) is 3.76 Å². The molecule has 4 heteroatoms. The van der Waals surface area contributed by atoms with Crippen LogP contribution in [-0.4, -0.2) is 12.2 Å². The average molecular weight is 310 g/mol. The molecule has 0 heterocycles. The van der Waals surface area contributed by atoms with Crippen LogP contribution in [0.5, 0.6) is 0 Å². The quantitative estimate of drug-likeness (QED) is 0.621. The summed E-state index contributed by atoms with van der Waals surface area (Å²) in [5.41, 5.74) is 1.92. The number of halogens is 1. The van der Waals surface area contributed by atoms with E-state index in [1.54, 1.807) is 6.07 Å². The van der Waals surface area contributed by atoms with Crippen LogP contribution in [0.3, 0.4) is 0 Å². The van der Waals surface area contributed by atoms with Gasteiger partial charge in [0.25, 0.3) is 0 Å². The standard InChI is InChI=1S/C9H11IO2S/c1-7-3-4-9(8(2)5-7)13(11,12)6-10/h3-5H,6H2,1-2H3. The van der Waals surface area contributed by atoms with Gasteiger partial charge >= 0.3 is 0 Å². The van der Waals surface area contributed by atoms with Crippen molar-refractivity contribution in [3.63, 3.8) is 0 Å². The minimum atomic E-state index is -3.06. The highest BCUT2D eigenvalue weighted by Crippen LogP contribution is 2.18. The molecule has 0 N–H and O–H groups in total. The van der Waals surface area contributed by atoms with Crippen molar-refractivity contribution >= 4 is 32.4 Å². The Morgan fingerprint density at radius 2 is 1.92 bits per heavy atom. The fraction of sp³-hybridized carbons (Fsp3) is 0.333. The van der Waals surface area contributed by atoms with Gasteiger partial charge in [-0.05, 0) is 25.5 Å². The lowest BCUT2D eigenvalue weighted by Crippen LogP contribution is -2.03. The van der Waals surface area contributed by atoms with E-state index in [4.69, 9.17) is 0 Å². The van der Waals surface area contributed by atoms with Gasteiger partial charge in [0.05, 0.1) is 4.90 Å². The van der Waals surface area contributed by atoms with E-state index in [1.165, 1.54) is 0 Å². The van der Waals surface area contributed by atoms with Crippen molar-refractivity contribution in [1.82, 2.24) is 0 Å². The van der Waals surface area contributed by atoms with E-state index in [1.807, 2.05) is 48.6 Å². The maximum atomic E-state index is 11.5. The molecule has 0 aliphatic rings. The molecule has 0 fully saturated rings. The van der Waals surface area contributed by atoms with E-state index in [-0.39, 0.29) is 3.76 Å². The van der Waals surface area contributed by atoms with Crippen molar-refractivity contribution in [2.75, 3.05) is 3.76 Å². The predicted octanol–water partition coefficient (Wildman–Crippen LogP) is 2.47. The maximum absolute atomic E-state index is 11.5.